The standard InChI is InChI=1S/C16H21FN2O3/c17-13-8-6-12(7-9-13)15(11-4-5-11)18-16(20)19-22-14-3-1-2-10-21-14/h6-9,11,14-15H,1-5,10H2,(H2,18,19,20)/t14-,15+/m1/s1. The highest BCUT2D eigenvalue weighted by atomic mass is 19.1. The SMILES string of the molecule is O=C(NO[C@@H]1CCCCO1)N[C@H](c1ccc(F)cc1)C1CC1. The fraction of sp³-hybridized carbons (Fsp3) is 0.562. The van der Waals surface area contributed by atoms with Gasteiger partial charge >= 0.3 is 6.03 Å². The highest BCUT2D eigenvalue weighted by Gasteiger charge is 2.33. The minimum absolute atomic E-state index is 0.114. The molecule has 0 radical (unpaired) electrons. The normalized spacial score (nSPS) is 22.9. The van der Waals surface area contributed by atoms with Gasteiger partial charge in [0, 0.05) is 13.0 Å². The fourth-order valence-electron chi connectivity index (χ4n) is 2.67. The average molecular weight is 308 g/mol. The van der Waals surface area contributed by atoms with Gasteiger partial charge in [0.25, 0.3) is 0 Å². The van der Waals surface area contributed by atoms with E-state index in [0.717, 1.165) is 37.7 Å². The Labute approximate surface area is 129 Å². The Morgan fingerprint density at radius 1 is 1.23 bits per heavy atom. The van der Waals surface area contributed by atoms with Gasteiger partial charge in [-0.2, -0.15) is 0 Å². The number of carbonyl (C=O) groups is 1. The number of hydroxylamine groups is 1. The van der Waals surface area contributed by atoms with Crippen LogP contribution in [0.5, 0.6) is 0 Å². The van der Waals surface area contributed by atoms with E-state index >= 15 is 0 Å². The topological polar surface area (TPSA) is 59.6 Å². The molecule has 120 valence electrons. The molecular formula is C16H21FN2O3. The highest BCUT2D eigenvalue weighted by Crippen LogP contribution is 2.40. The average Bonchev–Trinajstić information content (AvgIpc) is 3.37. The van der Waals surface area contributed by atoms with Crippen LogP contribution in [-0.4, -0.2) is 18.9 Å². The Kier molecular flexibility index (Phi) is 4.90. The first kappa shape index (κ1) is 15.2. The maximum absolute atomic E-state index is 13.0. The van der Waals surface area contributed by atoms with Crippen molar-refractivity contribution in [3.8, 4) is 0 Å². The van der Waals surface area contributed by atoms with E-state index < -0.39 is 6.03 Å². The van der Waals surface area contributed by atoms with Gasteiger partial charge in [-0.25, -0.2) is 19.5 Å². The van der Waals surface area contributed by atoms with Gasteiger partial charge in [0.05, 0.1) is 6.04 Å². The quantitative estimate of drug-likeness (QED) is 0.822. The summed E-state index contributed by atoms with van der Waals surface area (Å²) >= 11 is 0. The molecule has 1 aromatic rings. The van der Waals surface area contributed by atoms with E-state index in [2.05, 4.69) is 10.8 Å². The number of hydrogen-bond acceptors (Lipinski definition) is 3. The minimum atomic E-state index is -0.393. The molecule has 6 heteroatoms. The van der Waals surface area contributed by atoms with Gasteiger partial charge in [-0.1, -0.05) is 12.1 Å². The summed E-state index contributed by atoms with van der Waals surface area (Å²) in [6.07, 6.45) is 4.60. The number of hydrogen-bond donors (Lipinski definition) is 2. The second kappa shape index (κ2) is 7.07. The van der Waals surface area contributed by atoms with Gasteiger partial charge in [0.15, 0.2) is 6.29 Å². The maximum atomic E-state index is 13.0. The van der Waals surface area contributed by atoms with Crippen molar-refractivity contribution in [3.63, 3.8) is 0 Å². The molecule has 2 aliphatic rings. The summed E-state index contributed by atoms with van der Waals surface area (Å²) < 4.78 is 18.4. The maximum Gasteiger partial charge on any atom is 0.339 e. The van der Waals surface area contributed by atoms with Crippen LogP contribution < -0.4 is 10.8 Å². The van der Waals surface area contributed by atoms with Crippen molar-refractivity contribution in [1.29, 1.82) is 0 Å². The first-order chi connectivity index (χ1) is 10.7. The molecule has 1 aliphatic heterocycles. The lowest BCUT2D eigenvalue weighted by Crippen LogP contribution is -2.41. The van der Waals surface area contributed by atoms with Gasteiger partial charge < -0.3 is 10.1 Å². The van der Waals surface area contributed by atoms with Gasteiger partial charge in [0.1, 0.15) is 5.82 Å². The Morgan fingerprint density at radius 2 is 2.00 bits per heavy atom. The third-order valence-corrected chi connectivity index (χ3v) is 4.03. The second-order valence-electron chi connectivity index (χ2n) is 5.86. The lowest BCUT2D eigenvalue weighted by atomic mass is 10.0. The molecule has 5 nitrogen and oxygen atoms in total. The number of nitrogens with one attached hydrogen (secondary N) is 2. The molecule has 0 spiro atoms. The molecule has 2 fully saturated rings. The number of urea groups is 1. The Balaban J connectivity index is 1.52. The van der Waals surface area contributed by atoms with Crippen molar-refractivity contribution in [2.45, 2.75) is 44.4 Å². The summed E-state index contributed by atoms with van der Waals surface area (Å²) in [7, 11) is 0. The monoisotopic (exact) mass is 308 g/mol. The van der Waals surface area contributed by atoms with Crippen molar-refractivity contribution in [2.24, 2.45) is 5.92 Å². The van der Waals surface area contributed by atoms with Crippen LogP contribution in [0.3, 0.4) is 0 Å². The van der Waals surface area contributed by atoms with Crippen LogP contribution >= 0.6 is 0 Å². The summed E-state index contributed by atoms with van der Waals surface area (Å²) in [6, 6.07) is 5.74. The molecule has 3 rings (SSSR count). The van der Waals surface area contributed by atoms with Crippen LogP contribution in [-0.2, 0) is 9.57 Å². The van der Waals surface area contributed by atoms with Crippen LogP contribution in [0.25, 0.3) is 0 Å². The molecule has 1 heterocycles. The molecule has 2 amide bonds. The van der Waals surface area contributed by atoms with Crippen molar-refractivity contribution < 1.29 is 18.8 Å². The summed E-state index contributed by atoms with van der Waals surface area (Å²) in [5.74, 6) is 0.127. The number of rotatable bonds is 5. The summed E-state index contributed by atoms with van der Waals surface area (Å²) in [5, 5.41) is 2.90. The largest absolute Gasteiger partial charge is 0.350 e. The predicted molar refractivity (Wildman–Crippen MR) is 78.2 cm³/mol. The van der Waals surface area contributed by atoms with E-state index in [1.165, 1.54) is 12.1 Å². The summed E-state index contributed by atoms with van der Waals surface area (Å²) in [6.45, 7) is 0.661. The molecule has 2 atom stereocenters. The summed E-state index contributed by atoms with van der Waals surface area (Å²) in [4.78, 5) is 17.2. The zero-order valence-corrected chi connectivity index (χ0v) is 12.4. The third kappa shape index (κ3) is 4.18. The number of ether oxygens (including phenoxy) is 1. The second-order valence-corrected chi connectivity index (χ2v) is 5.86. The van der Waals surface area contributed by atoms with Gasteiger partial charge in [-0.3, -0.25) is 0 Å². The van der Waals surface area contributed by atoms with Crippen molar-refractivity contribution >= 4 is 6.03 Å². The van der Waals surface area contributed by atoms with Gasteiger partial charge in [-0.15, -0.1) is 0 Å². The Morgan fingerprint density at radius 3 is 2.64 bits per heavy atom. The van der Waals surface area contributed by atoms with E-state index in [1.807, 2.05) is 0 Å². The van der Waals surface area contributed by atoms with Crippen LogP contribution in [0.1, 0.15) is 43.7 Å². The van der Waals surface area contributed by atoms with Crippen molar-refractivity contribution in [2.75, 3.05) is 6.61 Å². The van der Waals surface area contributed by atoms with Crippen LogP contribution in [0.2, 0.25) is 0 Å². The first-order valence-electron chi connectivity index (χ1n) is 7.81. The lowest BCUT2D eigenvalue weighted by Gasteiger charge is -2.23. The lowest BCUT2D eigenvalue weighted by molar-refractivity contribution is -0.186. The Hall–Kier alpha value is -1.66. The van der Waals surface area contributed by atoms with Gasteiger partial charge in [0.2, 0.25) is 0 Å². The van der Waals surface area contributed by atoms with Crippen molar-refractivity contribution in [1.82, 2.24) is 10.8 Å². The number of halogens is 1. The zero-order valence-electron chi connectivity index (χ0n) is 12.4. The molecule has 0 bridgehead atoms. The van der Waals surface area contributed by atoms with Crippen LogP contribution in [0.15, 0.2) is 24.3 Å². The van der Waals surface area contributed by atoms with Gasteiger partial charge in [-0.05, 0) is 49.3 Å². The third-order valence-electron chi connectivity index (χ3n) is 4.03. The van der Waals surface area contributed by atoms with E-state index in [9.17, 15) is 9.18 Å². The minimum Gasteiger partial charge on any atom is -0.350 e. The van der Waals surface area contributed by atoms with Crippen LogP contribution in [0, 0.1) is 11.7 Å². The first-order valence-corrected chi connectivity index (χ1v) is 7.81. The fourth-order valence-corrected chi connectivity index (χ4v) is 2.67. The summed E-state index contributed by atoms with van der Waals surface area (Å²) in [5.41, 5.74) is 3.31. The highest BCUT2D eigenvalue weighted by molar-refractivity contribution is 5.73. The molecule has 1 aromatic carbocycles. The van der Waals surface area contributed by atoms with Crippen molar-refractivity contribution in [3.05, 3.63) is 35.6 Å². The van der Waals surface area contributed by atoms with E-state index in [0.29, 0.717) is 12.5 Å². The predicted octanol–water partition coefficient (Wildman–Crippen LogP) is 3.03. The molecule has 1 aliphatic carbocycles. The van der Waals surface area contributed by atoms with Crippen LogP contribution in [0.4, 0.5) is 9.18 Å². The number of carbonyl (C=O) groups excluding carboxylic acids is 1. The number of benzene rings is 1. The molecule has 0 unspecified atom stereocenters. The molecular weight excluding hydrogens is 287 g/mol. The Bertz CT molecular complexity index is 499. The molecule has 2 N–H and O–H groups in total. The molecule has 1 saturated heterocycles. The van der Waals surface area contributed by atoms with E-state index in [-0.39, 0.29) is 18.1 Å². The van der Waals surface area contributed by atoms with E-state index in [1.54, 1.807) is 12.1 Å². The number of amides is 2. The smallest absolute Gasteiger partial charge is 0.339 e. The van der Waals surface area contributed by atoms with E-state index in [4.69, 9.17) is 9.57 Å². The zero-order chi connectivity index (χ0) is 15.4. The molecule has 0 aromatic heterocycles. The molecule has 1 saturated carbocycles. The molecule has 22 heavy (non-hydrogen) atoms.